The zero-order valence-electron chi connectivity index (χ0n) is 14.4. The molecule has 2 aromatic carbocycles. The molecule has 0 fully saturated rings. The van der Waals surface area contributed by atoms with Gasteiger partial charge in [0, 0.05) is 11.4 Å². The van der Waals surface area contributed by atoms with E-state index < -0.39 is 23.7 Å². The number of ether oxygens (including phenoxy) is 1. The van der Waals surface area contributed by atoms with Crippen molar-refractivity contribution in [2.75, 3.05) is 12.4 Å². The summed E-state index contributed by atoms with van der Waals surface area (Å²) in [5, 5.41) is 16.1. The van der Waals surface area contributed by atoms with Crippen LogP contribution < -0.4 is 5.32 Å². The van der Waals surface area contributed by atoms with Gasteiger partial charge in [0.25, 0.3) is 5.91 Å². The number of halogens is 2. The van der Waals surface area contributed by atoms with Crippen molar-refractivity contribution in [3.8, 4) is 0 Å². The molecule has 1 aliphatic heterocycles. The van der Waals surface area contributed by atoms with E-state index in [9.17, 15) is 19.2 Å². The van der Waals surface area contributed by atoms with Crippen LogP contribution in [-0.4, -0.2) is 35.5 Å². The molecule has 0 radical (unpaired) electrons. The average molecular weight is 391 g/mol. The zero-order chi connectivity index (χ0) is 19.6. The van der Waals surface area contributed by atoms with Crippen molar-refractivity contribution in [2.45, 2.75) is 18.9 Å². The fourth-order valence-corrected chi connectivity index (χ4v) is 3.11. The molecule has 8 heteroatoms. The molecule has 0 aliphatic carbocycles. The Kier molecular flexibility index (Phi) is 5.41. The van der Waals surface area contributed by atoms with Gasteiger partial charge >= 0.3 is 5.97 Å². The Balaban J connectivity index is 2.19. The first-order valence-electron chi connectivity index (χ1n) is 8.18. The maximum Gasteiger partial charge on any atom is 0.305 e. The SMILES string of the molecule is COC(=O)CC[C@H]1C(=O)Nc2ccc(Cl)cc2C(c2ccccc2F)=[N+]1[O-]. The largest absolute Gasteiger partial charge is 0.623 e. The second-order valence-corrected chi connectivity index (χ2v) is 6.40. The first kappa shape index (κ1) is 18.8. The van der Waals surface area contributed by atoms with E-state index in [0.717, 1.165) is 0 Å². The van der Waals surface area contributed by atoms with Crippen molar-refractivity contribution in [1.82, 2.24) is 0 Å². The van der Waals surface area contributed by atoms with Crippen LogP contribution in [0.2, 0.25) is 5.02 Å². The van der Waals surface area contributed by atoms with E-state index in [1.807, 2.05) is 0 Å². The minimum absolute atomic E-state index is 0.0289. The summed E-state index contributed by atoms with van der Waals surface area (Å²) in [5.74, 6) is -1.75. The number of methoxy groups -OCH3 is 1. The van der Waals surface area contributed by atoms with Crippen LogP contribution in [0.5, 0.6) is 0 Å². The van der Waals surface area contributed by atoms with Crippen molar-refractivity contribution in [1.29, 1.82) is 0 Å². The number of rotatable bonds is 4. The Labute approximate surface area is 159 Å². The van der Waals surface area contributed by atoms with Crippen LogP contribution in [-0.2, 0) is 14.3 Å². The van der Waals surface area contributed by atoms with Crippen LogP contribution in [0.3, 0.4) is 0 Å². The molecule has 27 heavy (non-hydrogen) atoms. The van der Waals surface area contributed by atoms with Gasteiger partial charge in [-0.05, 0) is 30.3 Å². The molecule has 0 unspecified atom stereocenters. The number of benzene rings is 2. The molecule has 1 heterocycles. The van der Waals surface area contributed by atoms with Crippen molar-refractivity contribution in [3.05, 3.63) is 69.6 Å². The fourth-order valence-electron chi connectivity index (χ4n) is 2.94. The number of esters is 1. The summed E-state index contributed by atoms with van der Waals surface area (Å²) in [5.41, 5.74) is 0.648. The van der Waals surface area contributed by atoms with Gasteiger partial charge in [0.05, 0.1) is 30.3 Å². The fraction of sp³-hybridized carbons (Fsp3) is 0.211. The highest BCUT2D eigenvalue weighted by Crippen LogP contribution is 2.28. The molecule has 1 N–H and O–H groups in total. The van der Waals surface area contributed by atoms with E-state index in [1.165, 1.54) is 31.4 Å². The molecule has 0 bridgehead atoms. The van der Waals surface area contributed by atoms with Gasteiger partial charge < -0.3 is 15.3 Å². The number of carbonyl (C=O) groups is 2. The van der Waals surface area contributed by atoms with Crippen LogP contribution in [0.1, 0.15) is 24.0 Å². The second-order valence-electron chi connectivity index (χ2n) is 5.96. The van der Waals surface area contributed by atoms with Crippen LogP contribution >= 0.6 is 11.6 Å². The van der Waals surface area contributed by atoms with Gasteiger partial charge in [0.1, 0.15) is 5.82 Å². The Hall–Kier alpha value is -2.93. The van der Waals surface area contributed by atoms with E-state index in [0.29, 0.717) is 21.0 Å². The number of anilines is 1. The molecule has 0 spiro atoms. The van der Waals surface area contributed by atoms with Crippen molar-refractivity contribution in [2.24, 2.45) is 0 Å². The topological polar surface area (TPSA) is 81.5 Å². The summed E-state index contributed by atoms with van der Waals surface area (Å²) >= 11 is 6.06. The molecule has 3 rings (SSSR count). The smallest absolute Gasteiger partial charge is 0.305 e. The summed E-state index contributed by atoms with van der Waals surface area (Å²) in [4.78, 5) is 24.1. The summed E-state index contributed by atoms with van der Waals surface area (Å²) in [6, 6.07) is 9.14. The summed E-state index contributed by atoms with van der Waals surface area (Å²) in [6.45, 7) is 0. The molecule has 6 nitrogen and oxygen atoms in total. The number of benzodiazepines with no additional fused rings is 1. The molecule has 140 valence electrons. The summed E-state index contributed by atoms with van der Waals surface area (Å²) in [7, 11) is 1.22. The first-order valence-corrected chi connectivity index (χ1v) is 8.56. The van der Waals surface area contributed by atoms with Gasteiger partial charge in [-0.15, -0.1) is 0 Å². The highest BCUT2D eigenvalue weighted by atomic mass is 35.5. The normalized spacial score (nSPS) is 16.4. The van der Waals surface area contributed by atoms with Crippen LogP contribution in [0.25, 0.3) is 0 Å². The molecular weight excluding hydrogens is 375 g/mol. The molecule has 0 saturated carbocycles. The van der Waals surface area contributed by atoms with Gasteiger partial charge in [0.2, 0.25) is 11.8 Å². The van der Waals surface area contributed by atoms with E-state index >= 15 is 0 Å². The predicted molar refractivity (Wildman–Crippen MR) is 98.4 cm³/mol. The molecule has 1 aliphatic rings. The third-order valence-electron chi connectivity index (χ3n) is 4.28. The van der Waals surface area contributed by atoms with Gasteiger partial charge in [-0.25, -0.2) is 4.39 Å². The lowest BCUT2D eigenvalue weighted by Gasteiger charge is -2.16. The Morgan fingerprint density at radius 2 is 2.04 bits per heavy atom. The minimum atomic E-state index is -1.23. The van der Waals surface area contributed by atoms with Gasteiger partial charge in [0.15, 0.2) is 0 Å². The predicted octanol–water partition coefficient (Wildman–Crippen LogP) is 3.10. The number of fused-ring (bicyclic) bond motifs is 1. The maximum atomic E-state index is 14.5. The quantitative estimate of drug-likeness (QED) is 0.494. The molecule has 0 aromatic heterocycles. The van der Waals surface area contributed by atoms with Crippen molar-refractivity contribution >= 4 is 34.9 Å². The van der Waals surface area contributed by atoms with Crippen LogP contribution in [0.15, 0.2) is 42.5 Å². The number of carbonyl (C=O) groups excluding carboxylic acids is 2. The van der Waals surface area contributed by atoms with Crippen LogP contribution in [0.4, 0.5) is 10.1 Å². The Bertz CT molecular complexity index is 945. The lowest BCUT2D eigenvalue weighted by atomic mass is 10.00. The summed E-state index contributed by atoms with van der Waals surface area (Å²) in [6.07, 6.45) is -0.212. The third-order valence-corrected chi connectivity index (χ3v) is 4.51. The third kappa shape index (κ3) is 3.78. The second kappa shape index (κ2) is 7.75. The van der Waals surface area contributed by atoms with Gasteiger partial charge in [-0.1, -0.05) is 23.7 Å². The molecule has 2 aromatic rings. The molecule has 1 atom stereocenters. The minimum Gasteiger partial charge on any atom is -0.623 e. The van der Waals surface area contributed by atoms with Gasteiger partial charge in [-0.2, -0.15) is 4.74 Å². The molecular formula is C19H16ClFN2O4. The monoisotopic (exact) mass is 390 g/mol. The van der Waals surface area contributed by atoms with E-state index in [2.05, 4.69) is 10.1 Å². The number of hydroxylamine groups is 1. The molecule has 1 amide bonds. The maximum absolute atomic E-state index is 14.5. The van der Waals surface area contributed by atoms with E-state index in [1.54, 1.807) is 18.2 Å². The lowest BCUT2D eigenvalue weighted by Crippen LogP contribution is -2.37. The van der Waals surface area contributed by atoms with Crippen molar-refractivity contribution in [3.63, 3.8) is 0 Å². The standard InChI is InChI=1S/C19H16ClFN2O4/c1-27-17(24)9-8-16-19(25)22-15-7-6-11(20)10-13(15)18(23(16)26)12-4-2-3-5-14(12)21/h2-7,10,16H,8-9H2,1H3,(H,22,25)/t16-/m0/s1. The average Bonchev–Trinajstić information content (AvgIpc) is 2.74. The molecule has 0 saturated heterocycles. The number of nitrogens with zero attached hydrogens (tertiary/aromatic N) is 1. The van der Waals surface area contributed by atoms with E-state index in [-0.39, 0.29) is 24.1 Å². The zero-order valence-corrected chi connectivity index (χ0v) is 15.1. The van der Waals surface area contributed by atoms with E-state index in [4.69, 9.17) is 11.6 Å². The number of hydrogen-bond donors (Lipinski definition) is 1. The van der Waals surface area contributed by atoms with Gasteiger partial charge in [-0.3, -0.25) is 9.59 Å². The highest BCUT2D eigenvalue weighted by molar-refractivity contribution is 6.31. The van der Waals surface area contributed by atoms with Crippen LogP contribution in [0, 0.1) is 11.0 Å². The highest BCUT2D eigenvalue weighted by Gasteiger charge is 2.36. The Morgan fingerprint density at radius 1 is 1.30 bits per heavy atom. The lowest BCUT2D eigenvalue weighted by molar-refractivity contribution is -0.485. The number of amides is 1. The number of nitrogens with one attached hydrogen (secondary N) is 1. The summed E-state index contributed by atoms with van der Waals surface area (Å²) < 4.78 is 19.5. The first-order chi connectivity index (χ1) is 12.9. The number of hydrogen-bond acceptors (Lipinski definition) is 4. The van der Waals surface area contributed by atoms with Crippen molar-refractivity contribution < 1.29 is 23.5 Å². The Morgan fingerprint density at radius 3 is 2.74 bits per heavy atom.